The zero-order chi connectivity index (χ0) is 21.2. The number of carbonyl (C=O) groups excluding carboxylic acids is 1. The van der Waals surface area contributed by atoms with Crippen LogP contribution in [0.25, 0.3) is 11.2 Å². The SMILES string of the molecule is Cn1c(=O)[nH]c(=O)c2[nH]c(CCC(=O)NCCc3ccccc3C(F)(F)F)nc21. The van der Waals surface area contributed by atoms with Crippen molar-refractivity contribution in [3.63, 3.8) is 0 Å². The standard InChI is InChI=1S/C18H18F3N5O3/c1-26-15-14(16(28)25-17(26)29)23-12(24-15)6-7-13(27)22-9-8-10-4-2-3-5-11(10)18(19,20)21/h2-5H,6-9H2,1H3,(H,22,27)(H,23,24)(H,25,28,29). The predicted octanol–water partition coefficient (Wildman–Crippen LogP) is 1.26. The highest BCUT2D eigenvalue weighted by Gasteiger charge is 2.32. The third-order valence-corrected chi connectivity index (χ3v) is 4.43. The highest BCUT2D eigenvalue weighted by molar-refractivity contribution is 5.76. The first kappa shape index (κ1) is 20.4. The molecule has 0 saturated carbocycles. The summed E-state index contributed by atoms with van der Waals surface area (Å²) in [5.74, 6) is -0.0120. The molecule has 0 aliphatic carbocycles. The van der Waals surface area contributed by atoms with E-state index in [0.29, 0.717) is 5.82 Å². The van der Waals surface area contributed by atoms with E-state index in [-0.39, 0.29) is 48.4 Å². The van der Waals surface area contributed by atoms with Crippen LogP contribution in [0.15, 0.2) is 33.9 Å². The first-order valence-corrected chi connectivity index (χ1v) is 8.76. The van der Waals surface area contributed by atoms with Gasteiger partial charge in [0.05, 0.1) is 5.56 Å². The molecule has 0 saturated heterocycles. The van der Waals surface area contributed by atoms with Gasteiger partial charge < -0.3 is 10.3 Å². The molecule has 0 aliphatic rings. The zero-order valence-corrected chi connectivity index (χ0v) is 15.4. The molecule has 0 radical (unpaired) electrons. The molecule has 0 unspecified atom stereocenters. The smallest absolute Gasteiger partial charge is 0.356 e. The number of H-pyrrole nitrogens is 2. The zero-order valence-electron chi connectivity index (χ0n) is 15.4. The summed E-state index contributed by atoms with van der Waals surface area (Å²) in [7, 11) is 1.46. The summed E-state index contributed by atoms with van der Waals surface area (Å²) in [6, 6.07) is 5.22. The van der Waals surface area contributed by atoms with Crippen LogP contribution < -0.4 is 16.6 Å². The predicted molar refractivity (Wildman–Crippen MR) is 98.4 cm³/mol. The Morgan fingerprint density at radius 2 is 1.90 bits per heavy atom. The van der Waals surface area contributed by atoms with Crippen LogP contribution in [-0.4, -0.2) is 32.0 Å². The summed E-state index contributed by atoms with van der Waals surface area (Å²) in [6.07, 6.45) is -4.21. The van der Waals surface area contributed by atoms with E-state index in [1.54, 1.807) is 0 Å². The highest BCUT2D eigenvalue weighted by atomic mass is 19.4. The number of aromatic amines is 2. The summed E-state index contributed by atoms with van der Waals surface area (Å²) in [5, 5.41) is 2.57. The quantitative estimate of drug-likeness (QED) is 0.569. The fraction of sp³-hybridized carbons (Fsp3) is 0.333. The third-order valence-electron chi connectivity index (χ3n) is 4.43. The molecule has 3 N–H and O–H groups in total. The molecule has 0 atom stereocenters. The van der Waals surface area contributed by atoms with E-state index in [1.165, 1.54) is 29.8 Å². The molecule has 0 bridgehead atoms. The van der Waals surface area contributed by atoms with E-state index in [4.69, 9.17) is 0 Å². The van der Waals surface area contributed by atoms with Gasteiger partial charge in [0.1, 0.15) is 11.3 Å². The molecule has 29 heavy (non-hydrogen) atoms. The Morgan fingerprint density at radius 1 is 1.17 bits per heavy atom. The number of alkyl halides is 3. The number of amides is 1. The Balaban J connectivity index is 1.57. The van der Waals surface area contributed by atoms with Gasteiger partial charge in [0.25, 0.3) is 5.56 Å². The molecule has 0 spiro atoms. The van der Waals surface area contributed by atoms with Gasteiger partial charge in [0.2, 0.25) is 5.91 Å². The number of carbonyl (C=O) groups is 1. The van der Waals surface area contributed by atoms with E-state index >= 15 is 0 Å². The molecule has 0 fully saturated rings. The number of aromatic nitrogens is 4. The van der Waals surface area contributed by atoms with Crippen molar-refractivity contribution in [1.82, 2.24) is 24.8 Å². The van der Waals surface area contributed by atoms with Gasteiger partial charge in [0.15, 0.2) is 5.65 Å². The molecule has 3 aromatic rings. The number of hydrogen-bond donors (Lipinski definition) is 3. The van der Waals surface area contributed by atoms with Gasteiger partial charge in [-0.2, -0.15) is 13.2 Å². The lowest BCUT2D eigenvalue weighted by Gasteiger charge is -2.12. The van der Waals surface area contributed by atoms with Gasteiger partial charge in [-0.25, -0.2) is 9.78 Å². The van der Waals surface area contributed by atoms with E-state index in [2.05, 4.69) is 20.3 Å². The van der Waals surface area contributed by atoms with Crippen molar-refractivity contribution in [2.75, 3.05) is 6.54 Å². The molecule has 8 nitrogen and oxygen atoms in total. The van der Waals surface area contributed by atoms with Crippen LogP contribution in [0.4, 0.5) is 13.2 Å². The maximum Gasteiger partial charge on any atom is 0.416 e. The van der Waals surface area contributed by atoms with Crippen LogP contribution in [0.2, 0.25) is 0 Å². The van der Waals surface area contributed by atoms with Crippen LogP contribution in [0.1, 0.15) is 23.4 Å². The molecular formula is C18H18F3N5O3. The summed E-state index contributed by atoms with van der Waals surface area (Å²) in [6.45, 7) is 0.0558. The van der Waals surface area contributed by atoms with Crippen LogP contribution in [0, 0.1) is 0 Å². The van der Waals surface area contributed by atoms with Gasteiger partial charge in [-0.15, -0.1) is 0 Å². The second-order valence-electron chi connectivity index (χ2n) is 6.46. The van der Waals surface area contributed by atoms with Crippen LogP contribution in [0.5, 0.6) is 0 Å². The Morgan fingerprint density at radius 3 is 2.62 bits per heavy atom. The normalized spacial score (nSPS) is 11.7. The average molecular weight is 409 g/mol. The number of nitrogens with zero attached hydrogens (tertiary/aromatic N) is 2. The molecule has 11 heteroatoms. The van der Waals surface area contributed by atoms with Gasteiger partial charge >= 0.3 is 11.9 Å². The Bertz CT molecular complexity index is 1160. The van der Waals surface area contributed by atoms with Crippen molar-refractivity contribution >= 4 is 17.1 Å². The second kappa shape index (κ2) is 7.94. The Labute approximate surface area is 161 Å². The molecule has 154 valence electrons. The maximum atomic E-state index is 13.0. The topological polar surface area (TPSA) is 113 Å². The van der Waals surface area contributed by atoms with Gasteiger partial charge in [-0.05, 0) is 18.1 Å². The van der Waals surface area contributed by atoms with E-state index in [1.807, 2.05) is 0 Å². The van der Waals surface area contributed by atoms with Gasteiger partial charge in [0, 0.05) is 26.4 Å². The maximum absolute atomic E-state index is 13.0. The number of benzene rings is 1. The van der Waals surface area contributed by atoms with Gasteiger partial charge in [-0.3, -0.25) is 19.1 Å². The third kappa shape index (κ3) is 4.55. The first-order chi connectivity index (χ1) is 13.7. The van der Waals surface area contributed by atoms with Crippen molar-refractivity contribution in [1.29, 1.82) is 0 Å². The number of rotatable bonds is 6. The minimum absolute atomic E-state index is 0.0204. The lowest BCUT2D eigenvalue weighted by atomic mass is 10.0. The molecule has 3 rings (SSSR count). The monoisotopic (exact) mass is 409 g/mol. The highest BCUT2D eigenvalue weighted by Crippen LogP contribution is 2.31. The van der Waals surface area contributed by atoms with Crippen LogP contribution >= 0.6 is 0 Å². The fourth-order valence-corrected chi connectivity index (χ4v) is 2.94. The molecule has 0 aliphatic heterocycles. The number of fused-ring (bicyclic) bond motifs is 1. The van der Waals surface area contributed by atoms with Crippen molar-refractivity contribution < 1.29 is 18.0 Å². The van der Waals surface area contributed by atoms with Crippen LogP contribution in [0.3, 0.4) is 0 Å². The van der Waals surface area contributed by atoms with Crippen molar-refractivity contribution in [2.24, 2.45) is 7.05 Å². The van der Waals surface area contributed by atoms with Crippen molar-refractivity contribution in [2.45, 2.75) is 25.4 Å². The lowest BCUT2D eigenvalue weighted by molar-refractivity contribution is -0.138. The van der Waals surface area contributed by atoms with Crippen molar-refractivity contribution in [3.05, 3.63) is 62.1 Å². The fourth-order valence-electron chi connectivity index (χ4n) is 2.94. The number of halogens is 3. The minimum atomic E-state index is -4.44. The molecule has 2 heterocycles. The van der Waals surface area contributed by atoms with E-state index in [0.717, 1.165) is 6.07 Å². The summed E-state index contributed by atoms with van der Waals surface area (Å²) in [4.78, 5) is 44.4. The summed E-state index contributed by atoms with van der Waals surface area (Å²) in [5.41, 5.74) is -1.50. The lowest BCUT2D eigenvalue weighted by Crippen LogP contribution is -2.28. The Kier molecular flexibility index (Phi) is 5.57. The number of hydrogen-bond acceptors (Lipinski definition) is 4. The number of nitrogens with one attached hydrogen (secondary N) is 3. The molecule has 1 amide bonds. The molecular weight excluding hydrogens is 391 g/mol. The largest absolute Gasteiger partial charge is 0.416 e. The summed E-state index contributed by atoms with van der Waals surface area (Å²) < 4.78 is 40.1. The van der Waals surface area contributed by atoms with Gasteiger partial charge in [-0.1, -0.05) is 18.2 Å². The number of aryl methyl sites for hydroxylation is 2. The van der Waals surface area contributed by atoms with E-state index in [9.17, 15) is 27.6 Å². The second-order valence-corrected chi connectivity index (χ2v) is 6.46. The summed E-state index contributed by atoms with van der Waals surface area (Å²) >= 11 is 0. The van der Waals surface area contributed by atoms with E-state index < -0.39 is 23.0 Å². The first-order valence-electron chi connectivity index (χ1n) is 8.76. The number of imidazole rings is 1. The molecule has 1 aromatic carbocycles. The minimum Gasteiger partial charge on any atom is -0.356 e. The van der Waals surface area contributed by atoms with Crippen molar-refractivity contribution in [3.8, 4) is 0 Å². The average Bonchev–Trinajstić information content (AvgIpc) is 3.09. The molecule has 2 aromatic heterocycles. The van der Waals surface area contributed by atoms with Crippen LogP contribution in [-0.2, 0) is 30.9 Å². The Hall–Kier alpha value is -3.37.